The van der Waals surface area contributed by atoms with E-state index in [9.17, 15) is 4.79 Å². The molecule has 0 aliphatic heterocycles. The van der Waals surface area contributed by atoms with Gasteiger partial charge in [-0.25, -0.2) is 0 Å². The molecule has 0 radical (unpaired) electrons. The van der Waals surface area contributed by atoms with E-state index in [0.29, 0.717) is 24.7 Å². The first-order valence-electron chi connectivity index (χ1n) is 9.27. The van der Waals surface area contributed by atoms with E-state index in [1.807, 2.05) is 85.8 Å². The summed E-state index contributed by atoms with van der Waals surface area (Å²) < 4.78 is 11.4. The van der Waals surface area contributed by atoms with Crippen LogP contribution in [0.3, 0.4) is 0 Å². The summed E-state index contributed by atoms with van der Waals surface area (Å²) in [4.78, 5) is 12.3. The maximum absolute atomic E-state index is 12.3. The first kappa shape index (κ1) is 19.3. The third kappa shape index (κ3) is 5.77. The quantitative estimate of drug-likeness (QED) is 0.568. The number of carbonyl (C=O) groups excluding carboxylic acids is 1. The number of benzene rings is 3. The van der Waals surface area contributed by atoms with Gasteiger partial charge in [0.25, 0.3) is 0 Å². The van der Waals surface area contributed by atoms with Crippen LogP contribution in [-0.4, -0.2) is 19.1 Å². The van der Waals surface area contributed by atoms with E-state index in [1.54, 1.807) is 0 Å². The Labute approximate surface area is 165 Å². The lowest BCUT2D eigenvalue weighted by Crippen LogP contribution is -2.22. The lowest BCUT2D eigenvalue weighted by atomic mass is 10.2. The maximum Gasteiger partial charge on any atom is 0.243 e. The van der Waals surface area contributed by atoms with Gasteiger partial charge in [-0.2, -0.15) is 0 Å². The fraction of sp³-hybridized carbons (Fsp3) is 0.174. The minimum absolute atomic E-state index is 0.138. The maximum atomic E-state index is 12.3. The lowest BCUT2D eigenvalue weighted by Gasteiger charge is -2.13. The smallest absolute Gasteiger partial charge is 0.243 e. The highest BCUT2D eigenvalue weighted by Gasteiger charge is 2.07. The van der Waals surface area contributed by atoms with E-state index in [1.165, 1.54) is 0 Å². The van der Waals surface area contributed by atoms with Crippen molar-refractivity contribution in [2.45, 2.75) is 13.5 Å². The Kier molecular flexibility index (Phi) is 6.90. The number of carbonyl (C=O) groups is 1. The predicted molar refractivity (Wildman–Crippen MR) is 112 cm³/mol. The molecule has 0 aliphatic rings. The molecule has 5 nitrogen and oxygen atoms in total. The molecule has 144 valence electrons. The monoisotopic (exact) mass is 376 g/mol. The highest BCUT2D eigenvalue weighted by atomic mass is 16.5. The van der Waals surface area contributed by atoms with Gasteiger partial charge in [-0.05, 0) is 36.8 Å². The number of hydrogen-bond acceptors (Lipinski definition) is 4. The van der Waals surface area contributed by atoms with Gasteiger partial charge in [0.1, 0.15) is 18.1 Å². The van der Waals surface area contributed by atoms with Gasteiger partial charge in [0.05, 0.1) is 18.8 Å². The van der Waals surface area contributed by atoms with E-state index in [4.69, 9.17) is 9.47 Å². The van der Waals surface area contributed by atoms with Crippen molar-refractivity contribution in [1.82, 2.24) is 0 Å². The highest BCUT2D eigenvalue weighted by Crippen LogP contribution is 2.23. The summed E-state index contributed by atoms with van der Waals surface area (Å²) in [6, 6.07) is 24.9. The van der Waals surface area contributed by atoms with Gasteiger partial charge in [0, 0.05) is 11.8 Å². The molecule has 3 aromatic carbocycles. The summed E-state index contributed by atoms with van der Waals surface area (Å²) in [7, 11) is 0. The standard InChI is InChI=1S/C23H24N2O3/c1-2-27-22-14-7-6-13-21(22)24-16-23(26)25-19-11-8-12-20(15-19)28-17-18-9-4-3-5-10-18/h3-15,24H,2,16-17H2,1H3,(H,25,26). The van der Waals surface area contributed by atoms with Crippen molar-refractivity contribution in [2.75, 3.05) is 23.8 Å². The Morgan fingerprint density at radius 1 is 0.893 bits per heavy atom. The normalized spacial score (nSPS) is 10.2. The molecule has 28 heavy (non-hydrogen) atoms. The average Bonchev–Trinajstić information content (AvgIpc) is 2.73. The van der Waals surface area contributed by atoms with E-state index in [2.05, 4.69) is 10.6 Å². The van der Waals surface area contributed by atoms with Crippen LogP contribution in [0, 0.1) is 0 Å². The molecule has 0 aliphatic carbocycles. The number of ether oxygens (including phenoxy) is 2. The van der Waals surface area contributed by atoms with Crippen molar-refractivity contribution >= 4 is 17.3 Å². The number of para-hydroxylation sites is 2. The van der Waals surface area contributed by atoms with Crippen LogP contribution < -0.4 is 20.1 Å². The number of amides is 1. The molecule has 0 saturated heterocycles. The van der Waals surface area contributed by atoms with Gasteiger partial charge in [-0.3, -0.25) is 4.79 Å². The average molecular weight is 376 g/mol. The Hall–Kier alpha value is -3.47. The topological polar surface area (TPSA) is 59.6 Å². The van der Waals surface area contributed by atoms with Gasteiger partial charge < -0.3 is 20.1 Å². The summed E-state index contributed by atoms with van der Waals surface area (Å²) in [5.74, 6) is 1.29. The Bertz CT molecular complexity index is 897. The molecule has 0 saturated carbocycles. The number of hydrogen-bond donors (Lipinski definition) is 2. The first-order chi connectivity index (χ1) is 13.7. The molecule has 3 rings (SSSR count). The summed E-state index contributed by atoms with van der Waals surface area (Å²) in [6.07, 6.45) is 0. The fourth-order valence-electron chi connectivity index (χ4n) is 2.68. The van der Waals surface area contributed by atoms with Crippen LogP contribution in [0.2, 0.25) is 0 Å². The second-order valence-corrected chi connectivity index (χ2v) is 6.13. The Balaban J connectivity index is 1.53. The summed E-state index contributed by atoms with van der Waals surface area (Å²) in [6.45, 7) is 3.12. The van der Waals surface area contributed by atoms with E-state index in [0.717, 1.165) is 17.0 Å². The third-order valence-corrected chi connectivity index (χ3v) is 3.99. The van der Waals surface area contributed by atoms with Crippen molar-refractivity contribution in [2.24, 2.45) is 0 Å². The summed E-state index contributed by atoms with van der Waals surface area (Å²) >= 11 is 0. The molecule has 1 amide bonds. The second-order valence-electron chi connectivity index (χ2n) is 6.13. The van der Waals surface area contributed by atoms with Crippen molar-refractivity contribution in [1.29, 1.82) is 0 Å². The second kappa shape index (κ2) is 10.0. The Morgan fingerprint density at radius 2 is 1.68 bits per heavy atom. The van der Waals surface area contributed by atoms with Crippen LogP contribution in [0.15, 0.2) is 78.9 Å². The zero-order chi connectivity index (χ0) is 19.6. The van der Waals surface area contributed by atoms with E-state index in [-0.39, 0.29) is 12.5 Å². The molecule has 0 unspecified atom stereocenters. The summed E-state index contributed by atoms with van der Waals surface area (Å²) in [5.41, 5.74) is 2.57. The molecular weight excluding hydrogens is 352 g/mol. The molecule has 2 N–H and O–H groups in total. The van der Waals surface area contributed by atoms with E-state index >= 15 is 0 Å². The zero-order valence-electron chi connectivity index (χ0n) is 15.9. The van der Waals surface area contributed by atoms with Crippen LogP contribution in [0.4, 0.5) is 11.4 Å². The van der Waals surface area contributed by atoms with Crippen LogP contribution in [0.1, 0.15) is 12.5 Å². The third-order valence-electron chi connectivity index (χ3n) is 3.99. The van der Waals surface area contributed by atoms with E-state index < -0.39 is 0 Å². The molecule has 0 spiro atoms. The molecular formula is C23H24N2O3. The molecule has 0 aromatic heterocycles. The van der Waals surface area contributed by atoms with Crippen LogP contribution in [0.5, 0.6) is 11.5 Å². The minimum atomic E-state index is -0.147. The molecule has 0 atom stereocenters. The molecule has 0 bridgehead atoms. The molecule has 5 heteroatoms. The van der Waals surface area contributed by atoms with Gasteiger partial charge in [-0.15, -0.1) is 0 Å². The van der Waals surface area contributed by atoms with Crippen molar-refractivity contribution in [3.63, 3.8) is 0 Å². The first-order valence-corrected chi connectivity index (χ1v) is 9.27. The number of nitrogens with one attached hydrogen (secondary N) is 2. The largest absolute Gasteiger partial charge is 0.492 e. The van der Waals surface area contributed by atoms with Crippen molar-refractivity contribution in [3.05, 3.63) is 84.4 Å². The van der Waals surface area contributed by atoms with Crippen LogP contribution in [0.25, 0.3) is 0 Å². The van der Waals surface area contributed by atoms with Gasteiger partial charge in [0.2, 0.25) is 5.91 Å². The van der Waals surface area contributed by atoms with Crippen molar-refractivity contribution < 1.29 is 14.3 Å². The highest BCUT2D eigenvalue weighted by molar-refractivity contribution is 5.94. The summed E-state index contributed by atoms with van der Waals surface area (Å²) in [5, 5.41) is 5.99. The van der Waals surface area contributed by atoms with Gasteiger partial charge >= 0.3 is 0 Å². The predicted octanol–water partition coefficient (Wildman–Crippen LogP) is 4.71. The fourth-order valence-corrected chi connectivity index (χ4v) is 2.68. The minimum Gasteiger partial charge on any atom is -0.492 e. The van der Waals surface area contributed by atoms with Crippen molar-refractivity contribution in [3.8, 4) is 11.5 Å². The van der Waals surface area contributed by atoms with Crippen LogP contribution in [-0.2, 0) is 11.4 Å². The van der Waals surface area contributed by atoms with Gasteiger partial charge in [0.15, 0.2) is 0 Å². The number of rotatable bonds is 9. The zero-order valence-corrected chi connectivity index (χ0v) is 15.9. The lowest BCUT2D eigenvalue weighted by molar-refractivity contribution is -0.114. The number of anilines is 2. The molecule has 0 heterocycles. The SMILES string of the molecule is CCOc1ccccc1NCC(=O)Nc1cccc(OCc2ccccc2)c1. The molecule has 0 fully saturated rings. The van der Waals surface area contributed by atoms with Crippen LogP contribution >= 0.6 is 0 Å². The molecule has 3 aromatic rings. The van der Waals surface area contributed by atoms with Gasteiger partial charge in [-0.1, -0.05) is 48.5 Å². The Morgan fingerprint density at radius 3 is 2.50 bits per heavy atom.